The number of esters is 1. The minimum atomic E-state index is -0.515. The van der Waals surface area contributed by atoms with Gasteiger partial charge in [0.15, 0.2) is 12.4 Å². The van der Waals surface area contributed by atoms with Gasteiger partial charge in [0.2, 0.25) is 11.7 Å². The molecule has 0 saturated heterocycles. The summed E-state index contributed by atoms with van der Waals surface area (Å²) in [7, 11) is 1.30. The van der Waals surface area contributed by atoms with E-state index in [-0.39, 0.29) is 45.7 Å². The summed E-state index contributed by atoms with van der Waals surface area (Å²) >= 11 is 0. The number of fused-ring (bicyclic) bond motifs is 7. The summed E-state index contributed by atoms with van der Waals surface area (Å²) < 4.78 is 10.3. The highest BCUT2D eigenvalue weighted by molar-refractivity contribution is 6.07. The minimum Gasteiger partial charge on any atom is -0.477 e. The molecule has 0 heterocycles. The fraction of sp³-hybridized carbons (Fsp3) is 0.656. The Morgan fingerprint density at radius 2 is 1.68 bits per heavy atom. The van der Waals surface area contributed by atoms with Crippen LogP contribution in [0.25, 0.3) is 0 Å². The third-order valence-corrected chi connectivity index (χ3v) is 12.0. The molecule has 206 valence electrons. The molecule has 0 aromatic carbocycles. The topological polar surface area (TPSA) is 95.7 Å². The summed E-state index contributed by atoms with van der Waals surface area (Å²) in [5, 5.41) is 0. The summed E-state index contributed by atoms with van der Waals surface area (Å²) in [4.78, 5) is 37.5. The molecule has 0 spiro atoms. The molecule has 0 aromatic heterocycles. The van der Waals surface area contributed by atoms with Crippen LogP contribution in [0, 0.1) is 33.0 Å². The Bertz CT molecular complexity index is 1250. The number of ether oxygens (including phenoxy) is 2. The molecule has 0 aromatic rings. The molecule has 38 heavy (non-hydrogen) atoms. The van der Waals surface area contributed by atoms with E-state index in [4.69, 9.17) is 10.5 Å². The molecule has 3 fully saturated rings. The number of carbonyl (C=O) groups is 3. The lowest BCUT2D eigenvalue weighted by atomic mass is 9.34. The Labute approximate surface area is 226 Å². The first kappa shape index (κ1) is 27.0. The van der Waals surface area contributed by atoms with Gasteiger partial charge in [-0.1, -0.05) is 52.3 Å². The van der Waals surface area contributed by atoms with E-state index < -0.39 is 11.4 Å². The number of methoxy groups -OCH3 is 1. The van der Waals surface area contributed by atoms with Crippen LogP contribution < -0.4 is 5.73 Å². The van der Waals surface area contributed by atoms with Gasteiger partial charge in [-0.3, -0.25) is 9.59 Å². The number of nitrogens with two attached hydrogens (primary N) is 1. The van der Waals surface area contributed by atoms with Crippen molar-refractivity contribution in [2.24, 2.45) is 38.7 Å². The molecule has 5 aliphatic rings. The number of primary amides is 1. The van der Waals surface area contributed by atoms with Crippen LogP contribution >= 0.6 is 0 Å². The average molecular weight is 522 g/mol. The summed E-state index contributed by atoms with van der Waals surface area (Å²) in [5.74, 6) is -0.255. The predicted octanol–water partition coefficient (Wildman–Crippen LogP) is 5.73. The standard InChI is InChI=1S/C32H43NO5/c1-19-20-8-9-23-30(4,21(20)16-22(34)26(19)38-18-25(35)37-7)13-15-32(6)24-17-29(3,27(33)36)11-10-28(24,2)12-14-31(23,32)5/h8-9,16,24H,10-15,17-18H2,1-7H3,(H2,33,36)/t24-,28?,29-,30+,31-,32+/m1/s1. The zero-order chi connectivity index (χ0) is 27.9. The Morgan fingerprint density at radius 1 is 1.00 bits per heavy atom. The summed E-state index contributed by atoms with van der Waals surface area (Å²) in [6.07, 6.45) is 13.1. The molecule has 2 N–H and O–H groups in total. The van der Waals surface area contributed by atoms with Crippen LogP contribution in [0.4, 0.5) is 0 Å². The molecular weight excluding hydrogens is 478 g/mol. The van der Waals surface area contributed by atoms with E-state index in [1.165, 1.54) is 12.7 Å². The Balaban J connectivity index is 1.57. The number of carbonyl (C=O) groups excluding carboxylic acids is 3. The van der Waals surface area contributed by atoms with Crippen molar-refractivity contribution >= 4 is 17.7 Å². The van der Waals surface area contributed by atoms with Crippen molar-refractivity contribution in [2.75, 3.05) is 13.7 Å². The first-order valence-corrected chi connectivity index (χ1v) is 14.1. The molecule has 3 saturated carbocycles. The number of rotatable bonds is 4. The second-order valence-electron chi connectivity index (χ2n) is 13.8. The smallest absolute Gasteiger partial charge is 0.343 e. The van der Waals surface area contributed by atoms with E-state index >= 15 is 0 Å². The normalized spacial score (nSPS) is 41.9. The zero-order valence-corrected chi connectivity index (χ0v) is 24.1. The number of amides is 1. The lowest BCUT2D eigenvalue weighted by Gasteiger charge is -2.70. The average Bonchev–Trinajstić information content (AvgIpc) is 2.86. The molecule has 6 atom stereocenters. The van der Waals surface area contributed by atoms with Gasteiger partial charge in [-0.2, -0.15) is 0 Å². The van der Waals surface area contributed by atoms with Crippen LogP contribution in [0.3, 0.4) is 0 Å². The highest BCUT2D eigenvalue weighted by Gasteiger charge is 2.67. The minimum absolute atomic E-state index is 0.0206. The number of ketones is 1. The molecule has 0 bridgehead atoms. The second kappa shape index (κ2) is 8.43. The molecular formula is C32H43NO5. The highest BCUT2D eigenvalue weighted by atomic mass is 16.6. The molecule has 1 unspecified atom stereocenters. The van der Waals surface area contributed by atoms with Crippen molar-refractivity contribution in [2.45, 2.75) is 86.5 Å². The second-order valence-corrected chi connectivity index (χ2v) is 13.8. The van der Waals surface area contributed by atoms with Crippen LogP contribution in [0.15, 0.2) is 46.3 Å². The van der Waals surface area contributed by atoms with Crippen molar-refractivity contribution in [1.29, 1.82) is 0 Å². The third-order valence-electron chi connectivity index (χ3n) is 12.0. The van der Waals surface area contributed by atoms with Gasteiger partial charge < -0.3 is 15.2 Å². The van der Waals surface area contributed by atoms with Crippen molar-refractivity contribution < 1.29 is 23.9 Å². The molecule has 6 heteroatoms. The molecule has 0 aliphatic heterocycles. The van der Waals surface area contributed by atoms with E-state index in [2.05, 4.69) is 51.5 Å². The van der Waals surface area contributed by atoms with Crippen LogP contribution in [0.5, 0.6) is 0 Å². The maximum absolute atomic E-state index is 13.3. The Hall–Kier alpha value is -2.63. The van der Waals surface area contributed by atoms with Gasteiger partial charge in [0.05, 0.1) is 7.11 Å². The lowest BCUT2D eigenvalue weighted by molar-refractivity contribution is -0.167. The molecule has 5 rings (SSSR count). The summed E-state index contributed by atoms with van der Waals surface area (Å²) in [6, 6.07) is 0. The number of allylic oxidation sites excluding steroid dienone is 7. The SMILES string of the molecule is COC(=O)COC1=C(C)C2=CC=C3[C@@](C)(CC[C@@]4(C)[C@@H]5C[C@](C)(C(N)=O)CCC5(C)CC[C@]34C)C2=CC1=O. The first-order chi connectivity index (χ1) is 17.7. The number of hydrogen-bond donors (Lipinski definition) is 1. The largest absolute Gasteiger partial charge is 0.477 e. The van der Waals surface area contributed by atoms with E-state index in [1.54, 1.807) is 6.08 Å². The van der Waals surface area contributed by atoms with Crippen molar-refractivity contribution in [3.63, 3.8) is 0 Å². The maximum atomic E-state index is 13.3. The maximum Gasteiger partial charge on any atom is 0.343 e. The van der Waals surface area contributed by atoms with Crippen molar-refractivity contribution in [3.8, 4) is 0 Å². The van der Waals surface area contributed by atoms with Crippen LogP contribution in [0.2, 0.25) is 0 Å². The Kier molecular flexibility index (Phi) is 5.98. The zero-order valence-electron chi connectivity index (χ0n) is 24.1. The molecule has 1 amide bonds. The van der Waals surface area contributed by atoms with Gasteiger partial charge in [-0.25, -0.2) is 4.79 Å². The molecule has 5 aliphatic carbocycles. The summed E-state index contributed by atoms with van der Waals surface area (Å²) in [5.41, 5.74) is 9.65. The summed E-state index contributed by atoms with van der Waals surface area (Å²) in [6.45, 7) is 13.3. The fourth-order valence-electron chi connectivity index (χ4n) is 9.04. The predicted molar refractivity (Wildman–Crippen MR) is 145 cm³/mol. The highest BCUT2D eigenvalue weighted by Crippen LogP contribution is 2.75. The van der Waals surface area contributed by atoms with E-state index in [1.807, 2.05) is 6.92 Å². The third kappa shape index (κ3) is 3.47. The van der Waals surface area contributed by atoms with Crippen LogP contribution in [0.1, 0.15) is 86.5 Å². The van der Waals surface area contributed by atoms with Crippen molar-refractivity contribution in [3.05, 3.63) is 46.3 Å². The van der Waals surface area contributed by atoms with E-state index in [0.29, 0.717) is 5.92 Å². The van der Waals surface area contributed by atoms with E-state index in [9.17, 15) is 14.4 Å². The molecule has 0 radical (unpaired) electrons. The quantitative estimate of drug-likeness (QED) is 0.477. The van der Waals surface area contributed by atoms with Gasteiger partial charge in [-0.15, -0.1) is 0 Å². The monoisotopic (exact) mass is 521 g/mol. The van der Waals surface area contributed by atoms with Gasteiger partial charge in [0.1, 0.15) is 0 Å². The van der Waals surface area contributed by atoms with Gasteiger partial charge >= 0.3 is 5.97 Å². The lowest BCUT2D eigenvalue weighted by Crippen LogP contribution is -2.62. The Morgan fingerprint density at radius 3 is 2.34 bits per heavy atom. The van der Waals surface area contributed by atoms with Gasteiger partial charge in [0.25, 0.3) is 0 Å². The van der Waals surface area contributed by atoms with Gasteiger partial charge in [-0.05, 0) is 91.3 Å². The van der Waals surface area contributed by atoms with Gasteiger partial charge in [0, 0.05) is 16.4 Å². The fourth-order valence-corrected chi connectivity index (χ4v) is 9.04. The van der Waals surface area contributed by atoms with Crippen LogP contribution in [-0.2, 0) is 23.9 Å². The van der Waals surface area contributed by atoms with Crippen molar-refractivity contribution in [1.82, 2.24) is 0 Å². The first-order valence-electron chi connectivity index (χ1n) is 14.1. The molecule has 6 nitrogen and oxygen atoms in total. The van der Waals surface area contributed by atoms with Crippen LogP contribution in [-0.4, -0.2) is 31.4 Å². The number of hydrogen-bond acceptors (Lipinski definition) is 5. The van der Waals surface area contributed by atoms with E-state index in [0.717, 1.165) is 61.7 Å².